The molecule has 1 aromatic rings. The van der Waals surface area contributed by atoms with Crippen LogP contribution in [-0.4, -0.2) is 68.1 Å². The van der Waals surface area contributed by atoms with E-state index in [1.807, 2.05) is 0 Å². The van der Waals surface area contributed by atoms with Crippen LogP contribution in [0, 0.1) is 0 Å². The number of thiophene rings is 1. The van der Waals surface area contributed by atoms with E-state index in [9.17, 15) is 9.59 Å². The van der Waals surface area contributed by atoms with Gasteiger partial charge in [0.25, 0.3) is 0 Å². The van der Waals surface area contributed by atoms with E-state index in [0.717, 1.165) is 57.5 Å². The molecule has 1 fully saturated rings. The van der Waals surface area contributed by atoms with Crippen molar-refractivity contribution in [3.63, 3.8) is 0 Å². The number of ether oxygens (including phenoxy) is 1. The molecular weight excluding hydrogens is 326 g/mol. The van der Waals surface area contributed by atoms with Crippen LogP contribution in [0.15, 0.2) is 0 Å². The summed E-state index contributed by atoms with van der Waals surface area (Å²) in [4.78, 5) is 30.3. The van der Waals surface area contributed by atoms with Crippen molar-refractivity contribution in [3.05, 3.63) is 16.0 Å². The van der Waals surface area contributed by atoms with E-state index in [2.05, 4.69) is 22.0 Å². The second-order valence-corrected chi connectivity index (χ2v) is 7.42. The van der Waals surface area contributed by atoms with Gasteiger partial charge in [-0.25, -0.2) is 4.79 Å². The van der Waals surface area contributed by atoms with Crippen LogP contribution in [0.5, 0.6) is 0 Å². The molecule has 1 N–H and O–H groups in total. The highest BCUT2D eigenvalue weighted by Crippen LogP contribution is 2.39. The summed E-state index contributed by atoms with van der Waals surface area (Å²) >= 11 is 1.53. The third kappa shape index (κ3) is 3.63. The maximum atomic E-state index is 12.4. The molecule has 2 aliphatic rings. The van der Waals surface area contributed by atoms with Crippen LogP contribution in [0.2, 0.25) is 0 Å². The molecule has 132 valence electrons. The number of nitrogens with zero attached hydrogens (tertiary/aromatic N) is 2. The lowest BCUT2D eigenvalue weighted by atomic mass is 10.1. The molecule has 0 aromatic carbocycles. The SMILES string of the molecule is CCN1CCN(CC(=O)Nc2sc3c(c2C(=O)OC)CCC3)CC1. The van der Waals surface area contributed by atoms with Crippen molar-refractivity contribution in [1.29, 1.82) is 0 Å². The molecule has 2 heterocycles. The first-order valence-corrected chi connectivity index (χ1v) is 9.41. The molecule has 0 spiro atoms. The Labute approximate surface area is 146 Å². The highest BCUT2D eigenvalue weighted by Gasteiger charge is 2.28. The fraction of sp³-hybridized carbons (Fsp3) is 0.647. The average Bonchev–Trinajstić information content (AvgIpc) is 3.15. The van der Waals surface area contributed by atoms with Gasteiger partial charge in [0.1, 0.15) is 5.00 Å². The van der Waals surface area contributed by atoms with Gasteiger partial charge < -0.3 is 15.0 Å². The molecule has 0 unspecified atom stereocenters. The Kier molecular flexibility index (Phi) is 5.53. The van der Waals surface area contributed by atoms with Crippen LogP contribution in [0.3, 0.4) is 0 Å². The number of carbonyl (C=O) groups excluding carboxylic acids is 2. The van der Waals surface area contributed by atoms with Crippen LogP contribution in [0.4, 0.5) is 5.00 Å². The van der Waals surface area contributed by atoms with Crippen LogP contribution in [0.25, 0.3) is 0 Å². The third-order valence-corrected chi connectivity index (χ3v) is 6.05. The minimum Gasteiger partial charge on any atom is -0.465 e. The number of fused-ring (bicyclic) bond motifs is 1. The normalized spacial score (nSPS) is 18.4. The van der Waals surface area contributed by atoms with Crippen LogP contribution < -0.4 is 5.32 Å². The van der Waals surface area contributed by atoms with Gasteiger partial charge in [-0.1, -0.05) is 6.92 Å². The third-order valence-electron chi connectivity index (χ3n) is 4.84. The number of rotatable bonds is 5. The fourth-order valence-electron chi connectivity index (χ4n) is 3.44. The molecule has 3 rings (SSSR count). The summed E-state index contributed by atoms with van der Waals surface area (Å²) in [6.07, 6.45) is 2.95. The number of likely N-dealkylation sites (N-methyl/N-ethyl adjacent to an activating group) is 1. The maximum Gasteiger partial charge on any atom is 0.341 e. The van der Waals surface area contributed by atoms with Gasteiger partial charge in [-0.15, -0.1) is 11.3 Å². The minimum absolute atomic E-state index is 0.0509. The van der Waals surface area contributed by atoms with Crippen LogP contribution in [0.1, 0.15) is 34.1 Å². The second-order valence-electron chi connectivity index (χ2n) is 6.31. The zero-order valence-electron chi connectivity index (χ0n) is 14.4. The fourth-order valence-corrected chi connectivity index (χ4v) is 4.74. The second kappa shape index (κ2) is 7.63. The first-order valence-electron chi connectivity index (χ1n) is 8.59. The van der Waals surface area contributed by atoms with Gasteiger partial charge in [0.05, 0.1) is 19.2 Å². The van der Waals surface area contributed by atoms with E-state index in [0.29, 0.717) is 17.1 Å². The molecule has 1 aliphatic heterocycles. The first kappa shape index (κ1) is 17.4. The van der Waals surface area contributed by atoms with Crippen LogP contribution in [-0.2, 0) is 22.4 Å². The molecule has 1 aliphatic carbocycles. The van der Waals surface area contributed by atoms with Gasteiger partial charge in [-0.3, -0.25) is 9.69 Å². The van der Waals surface area contributed by atoms with E-state index in [-0.39, 0.29) is 11.9 Å². The highest BCUT2D eigenvalue weighted by molar-refractivity contribution is 7.17. The number of piperazine rings is 1. The zero-order chi connectivity index (χ0) is 17.1. The molecule has 7 heteroatoms. The van der Waals surface area contributed by atoms with Gasteiger partial charge >= 0.3 is 5.97 Å². The van der Waals surface area contributed by atoms with Crippen LogP contribution >= 0.6 is 11.3 Å². The molecular formula is C17H25N3O3S. The molecule has 0 bridgehead atoms. The maximum absolute atomic E-state index is 12.4. The van der Waals surface area contributed by atoms with E-state index < -0.39 is 0 Å². The lowest BCUT2D eigenvalue weighted by Crippen LogP contribution is -2.48. The lowest BCUT2D eigenvalue weighted by Gasteiger charge is -2.33. The number of esters is 1. The first-order chi connectivity index (χ1) is 11.6. The van der Waals surface area contributed by atoms with E-state index in [4.69, 9.17) is 4.74 Å². The highest BCUT2D eigenvalue weighted by atomic mass is 32.1. The smallest absolute Gasteiger partial charge is 0.341 e. The summed E-state index contributed by atoms with van der Waals surface area (Å²) < 4.78 is 4.92. The largest absolute Gasteiger partial charge is 0.465 e. The van der Waals surface area contributed by atoms with Crippen molar-refractivity contribution in [3.8, 4) is 0 Å². The number of amides is 1. The molecule has 1 amide bonds. The Morgan fingerprint density at radius 2 is 1.88 bits per heavy atom. The number of hydrogen-bond acceptors (Lipinski definition) is 6. The number of nitrogens with one attached hydrogen (secondary N) is 1. The number of carbonyl (C=O) groups is 2. The van der Waals surface area contributed by atoms with E-state index >= 15 is 0 Å². The molecule has 6 nitrogen and oxygen atoms in total. The van der Waals surface area contributed by atoms with Gasteiger partial charge in [-0.2, -0.15) is 0 Å². The number of aryl methyl sites for hydroxylation is 1. The molecule has 1 saturated heterocycles. The van der Waals surface area contributed by atoms with Gasteiger partial charge in [-0.05, 0) is 31.4 Å². The molecule has 0 saturated carbocycles. The van der Waals surface area contributed by atoms with Crippen molar-refractivity contribution in [2.24, 2.45) is 0 Å². The number of hydrogen-bond donors (Lipinski definition) is 1. The van der Waals surface area contributed by atoms with E-state index in [1.165, 1.54) is 23.3 Å². The standard InChI is InChI=1S/C17H25N3O3S/c1-3-19-7-9-20(10-8-19)11-14(21)18-16-15(17(22)23-2)12-5-4-6-13(12)24-16/h3-11H2,1-2H3,(H,18,21). The molecule has 0 radical (unpaired) electrons. The minimum atomic E-state index is -0.346. The molecule has 1 aromatic heterocycles. The number of methoxy groups -OCH3 is 1. The quantitative estimate of drug-likeness (QED) is 0.817. The Hall–Kier alpha value is -1.44. The Bertz CT molecular complexity index is 621. The Morgan fingerprint density at radius 1 is 1.17 bits per heavy atom. The van der Waals surface area contributed by atoms with Gasteiger partial charge in [0, 0.05) is 31.1 Å². The number of anilines is 1. The zero-order valence-corrected chi connectivity index (χ0v) is 15.2. The lowest BCUT2D eigenvalue weighted by molar-refractivity contribution is -0.117. The predicted octanol–water partition coefficient (Wildman–Crippen LogP) is 1.60. The summed E-state index contributed by atoms with van der Waals surface area (Å²) in [7, 11) is 1.39. The predicted molar refractivity (Wildman–Crippen MR) is 94.9 cm³/mol. The topological polar surface area (TPSA) is 61.9 Å². The van der Waals surface area contributed by atoms with Crippen molar-refractivity contribution in [2.45, 2.75) is 26.2 Å². The molecule has 0 atom stereocenters. The summed E-state index contributed by atoms with van der Waals surface area (Å²) in [6.45, 7) is 7.42. The monoisotopic (exact) mass is 351 g/mol. The van der Waals surface area contributed by atoms with Crippen molar-refractivity contribution in [2.75, 3.05) is 51.7 Å². The summed E-state index contributed by atoms with van der Waals surface area (Å²) in [5.41, 5.74) is 1.64. The van der Waals surface area contributed by atoms with Crippen molar-refractivity contribution in [1.82, 2.24) is 9.80 Å². The van der Waals surface area contributed by atoms with Crippen molar-refractivity contribution >= 4 is 28.2 Å². The summed E-state index contributed by atoms with van der Waals surface area (Å²) in [5.74, 6) is -0.397. The van der Waals surface area contributed by atoms with Gasteiger partial charge in [0.2, 0.25) is 5.91 Å². The summed E-state index contributed by atoms with van der Waals surface area (Å²) in [5, 5.41) is 3.61. The average molecular weight is 351 g/mol. The van der Waals surface area contributed by atoms with Gasteiger partial charge in [0.15, 0.2) is 0 Å². The Balaban J connectivity index is 1.64. The Morgan fingerprint density at radius 3 is 2.54 bits per heavy atom. The van der Waals surface area contributed by atoms with E-state index in [1.54, 1.807) is 0 Å². The molecule has 24 heavy (non-hydrogen) atoms. The van der Waals surface area contributed by atoms with Crippen molar-refractivity contribution < 1.29 is 14.3 Å². The summed E-state index contributed by atoms with van der Waals surface area (Å²) in [6, 6.07) is 0.